The second kappa shape index (κ2) is 9.23. The molecular formula is C23H24ClF2NO3. The Bertz CT molecular complexity index is 933. The fraction of sp³-hybridized carbons (Fsp3) is 0.391. The molecule has 0 aromatic heterocycles. The van der Waals surface area contributed by atoms with Crippen molar-refractivity contribution in [2.45, 2.75) is 25.4 Å². The van der Waals surface area contributed by atoms with Crippen molar-refractivity contribution in [3.63, 3.8) is 0 Å². The molecule has 2 aromatic carbocycles. The summed E-state index contributed by atoms with van der Waals surface area (Å²) in [7, 11) is 0. The van der Waals surface area contributed by atoms with Crippen LogP contribution in [0.4, 0.5) is 8.78 Å². The van der Waals surface area contributed by atoms with E-state index in [0.717, 1.165) is 26.1 Å². The summed E-state index contributed by atoms with van der Waals surface area (Å²) < 4.78 is 38.9. The molecule has 160 valence electrons. The second-order valence-corrected chi connectivity index (χ2v) is 7.98. The standard InChI is InChI=1S/C23H24ClF2NO3/c24-19-12-18-22(13-21(19)28)29-11-7-20(26)23(18)15-2-4-16(5-3-15)30-17-6-10-27(14-17)9-1-8-25/h2-5,12-13,17,28H,1,6-11,14H2/t17-/m0/s1. The van der Waals surface area contributed by atoms with Gasteiger partial charge >= 0.3 is 0 Å². The molecule has 0 bridgehead atoms. The number of hydrogen-bond acceptors (Lipinski definition) is 4. The average molecular weight is 436 g/mol. The number of alkyl halides is 1. The maximum atomic E-state index is 14.9. The summed E-state index contributed by atoms with van der Waals surface area (Å²) in [6, 6.07) is 10.2. The molecule has 2 aliphatic rings. The van der Waals surface area contributed by atoms with Crippen LogP contribution in [-0.4, -0.2) is 49.0 Å². The van der Waals surface area contributed by atoms with Crippen molar-refractivity contribution in [2.75, 3.05) is 32.9 Å². The quantitative estimate of drug-likeness (QED) is 0.662. The van der Waals surface area contributed by atoms with Crippen molar-refractivity contribution in [1.82, 2.24) is 4.90 Å². The summed E-state index contributed by atoms with van der Waals surface area (Å²) in [5.74, 6) is 0.728. The van der Waals surface area contributed by atoms with E-state index in [-0.39, 0.29) is 42.4 Å². The van der Waals surface area contributed by atoms with Crippen LogP contribution < -0.4 is 9.47 Å². The van der Waals surface area contributed by atoms with Crippen LogP contribution in [0.1, 0.15) is 30.4 Å². The van der Waals surface area contributed by atoms with Crippen LogP contribution in [0.5, 0.6) is 17.2 Å². The first kappa shape index (κ1) is 20.9. The number of rotatable bonds is 6. The van der Waals surface area contributed by atoms with Gasteiger partial charge in [0.25, 0.3) is 0 Å². The first-order valence-electron chi connectivity index (χ1n) is 10.1. The van der Waals surface area contributed by atoms with Gasteiger partial charge in [0.1, 0.15) is 29.2 Å². The van der Waals surface area contributed by atoms with Gasteiger partial charge in [-0.2, -0.15) is 0 Å². The highest BCUT2D eigenvalue weighted by Crippen LogP contribution is 2.42. The highest BCUT2D eigenvalue weighted by Gasteiger charge is 2.24. The molecule has 0 unspecified atom stereocenters. The molecule has 7 heteroatoms. The molecule has 0 saturated carbocycles. The predicted molar refractivity (Wildman–Crippen MR) is 113 cm³/mol. The molecular weight excluding hydrogens is 412 g/mol. The Labute approximate surface area is 179 Å². The average Bonchev–Trinajstić information content (AvgIpc) is 3.11. The van der Waals surface area contributed by atoms with Gasteiger partial charge in [0.15, 0.2) is 0 Å². The topological polar surface area (TPSA) is 41.9 Å². The van der Waals surface area contributed by atoms with Crippen molar-refractivity contribution in [3.8, 4) is 17.2 Å². The summed E-state index contributed by atoms with van der Waals surface area (Å²) in [4.78, 5) is 2.21. The minimum atomic E-state index is -0.297. The molecule has 30 heavy (non-hydrogen) atoms. The molecule has 2 aromatic rings. The minimum absolute atomic E-state index is 0.0696. The fourth-order valence-corrected chi connectivity index (χ4v) is 4.13. The van der Waals surface area contributed by atoms with Crippen molar-refractivity contribution >= 4 is 17.2 Å². The molecule has 1 atom stereocenters. The molecule has 1 N–H and O–H groups in total. The molecule has 2 aliphatic heterocycles. The van der Waals surface area contributed by atoms with Gasteiger partial charge in [0, 0.05) is 43.3 Å². The summed E-state index contributed by atoms with van der Waals surface area (Å²) in [6.07, 6.45) is 1.66. The third-order valence-electron chi connectivity index (χ3n) is 5.45. The smallest absolute Gasteiger partial charge is 0.137 e. The Morgan fingerprint density at radius 1 is 1.23 bits per heavy atom. The molecule has 1 saturated heterocycles. The van der Waals surface area contributed by atoms with Crippen LogP contribution in [0.3, 0.4) is 0 Å². The molecule has 4 nitrogen and oxygen atoms in total. The molecule has 0 aliphatic carbocycles. The maximum Gasteiger partial charge on any atom is 0.137 e. The normalized spacial score (nSPS) is 19.4. The van der Waals surface area contributed by atoms with E-state index in [1.165, 1.54) is 12.1 Å². The van der Waals surface area contributed by atoms with Gasteiger partial charge in [-0.15, -0.1) is 0 Å². The molecule has 0 amide bonds. The van der Waals surface area contributed by atoms with Crippen LogP contribution in [0.25, 0.3) is 5.57 Å². The zero-order valence-electron chi connectivity index (χ0n) is 16.5. The van der Waals surface area contributed by atoms with Gasteiger partial charge in [0.05, 0.1) is 18.3 Å². The number of ether oxygens (including phenoxy) is 2. The second-order valence-electron chi connectivity index (χ2n) is 7.57. The molecule has 1 fully saturated rings. The van der Waals surface area contributed by atoms with Crippen LogP contribution in [-0.2, 0) is 0 Å². The van der Waals surface area contributed by atoms with Crippen molar-refractivity contribution in [3.05, 3.63) is 58.4 Å². The lowest BCUT2D eigenvalue weighted by Crippen LogP contribution is -2.26. The number of fused-ring (bicyclic) bond motifs is 1. The third-order valence-corrected chi connectivity index (χ3v) is 5.75. The maximum absolute atomic E-state index is 14.9. The van der Waals surface area contributed by atoms with E-state index in [9.17, 15) is 13.9 Å². The largest absolute Gasteiger partial charge is 0.506 e. The van der Waals surface area contributed by atoms with E-state index in [1.54, 1.807) is 0 Å². The van der Waals surface area contributed by atoms with Crippen molar-refractivity contribution in [2.24, 2.45) is 0 Å². The zero-order valence-corrected chi connectivity index (χ0v) is 17.3. The molecule has 0 radical (unpaired) electrons. The van der Waals surface area contributed by atoms with Crippen LogP contribution >= 0.6 is 11.6 Å². The van der Waals surface area contributed by atoms with Gasteiger partial charge in [-0.1, -0.05) is 23.7 Å². The van der Waals surface area contributed by atoms with Gasteiger partial charge in [-0.3, -0.25) is 9.29 Å². The summed E-state index contributed by atoms with van der Waals surface area (Å²) in [5, 5.41) is 10.0. The number of benzene rings is 2. The van der Waals surface area contributed by atoms with Crippen molar-refractivity contribution in [1.29, 1.82) is 0 Å². The van der Waals surface area contributed by atoms with Gasteiger partial charge in [-0.05, 0) is 36.6 Å². The third kappa shape index (κ3) is 4.55. The van der Waals surface area contributed by atoms with E-state index < -0.39 is 0 Å². The van der Waals surface area contributed by atoms with Gasteiger partial charge < -0.3 is 14.6 Å². The minimum Gasteiger partial charge on any atom is -0.506 e. The Kier molecular flexibility index (Phi) is 6.44. The van der Waals surface area contributed by atoms with E-state index in [1.807, 2.05) is 24.3 Å². The van der Waals surface area contributed by atoms with E-state index in [2.05, 4.69) is 4.90 Å². The lowest BCUT2D eigenvalue weighted by molar-refractivity contribution is 0.198. The zero-order chi connectivity index (χ0) is 21.1. The first-order valence-corrected chi connectivity index (χ1v) is 10.5. The van der Waals surface area contributed by atoms with Crippen LogP contribution in [0.15, 0.2) is 42.2 Å². The van der Waals surface area contributed by atoms with Crippen LogP contribution in [0.2, 0.25) is 5.02 Å². The van der Waals surface area contributed by atoms with Crippen LogP contribution in [0, 0.1) is 0 Å². The molecule has 4 rings (SSSR count). The Balaban J connectivity index is 1.52. The highest BCUT2D eigenvalue weighted by atomic mass is 35.5. The molecule has 2 heterocycles. The number of phenols is 1. The summed E-state index contributed by atoms with van der Waals surface area (Å²) in [5.41, 5.74) is 1.61. The van der Waals surface area contributed by atoms with Gasteiger partial charge in [0.2, 0.25) is 0 Å². The predicted octanol–water partition coefficient (Wildman–Crippen LogP) is 5.37. The lowest BCUT2D eigenvalue weighted by Gasteiger charge is -2.17. The Morgan fingerprint density at radius 2 is 2.03 bits per heavy atom. The number of halogens is 3. The Hall–Kier alpha value is -2.31. The lowest BCUT2D eigenvalue weighted by atomic mass is 9.95. The number of hydrogen-bond donors (Lipinski definition) is 1. The van der Waals surface area contributed by atoms with Gasteiger partial charge in [-0.25, -0.2) is 4.39 Å². The SMILES string of the molecule is Oc1cc2c(cc1Cl)C(c1ccc(O[C@H]3CCN(CCCF)C3)cc1)=C(F)CCO2. The van der Waals surface area contributed by atoms with E-state index in [0.29, 0.717) is 34.6 Å². The number of aromatic hydroxyl groups is 1. The fourth-order valence-electron chi connectivity index (χ4n) is 3.96. The number of phenolic OH excluding ortho intramolecular Hbond substituents is 1. The summed E-state index contributed by atoms with van der Waals surface area (Å²) in [6.45, 7) is 2.34. The number of nitrogens with zero attached hydrogens (tertiary/aromatic N) is 1. The molecule has 0 spiro atoms. The monoisotopic (exact) mass is 435 g/mol. The highest BCUT2D eigenvalue weighted by molar-refractivity contribution is 6.32. The summed E-state index contributed by atoms with van der Waals surface area (Å²) >= 11 is 6.07. The van der Waals surface area contributed by atoms with E-state index in [4.69, 9.17) is 21.1 Å². The number of likely N-dealkylation sites (tertiary alicyclic amines) is 1. The van der Waals surface area contributed by atoms with E-state index >= 15 is 0 Å². The Morgan fingerprint density at radius 3 is 2.80 bits per heavy atom. The first-order chi connectivity index (χ1) is 14.5. The van der Waals surface area contributed by atoms with Crippen molar-refractivity contribution < 1.29 is 23.4 Å².